The summed E-state index contributed by atoms with van der Waals surface area (Å²) in [6.45, 7) is 1.54. The Morgan fingerprint density at radius 3 is 2.17 bits per heavy atom. The van der Waals surface area contributed by atoms with Crippen molar-refractivity contribution >= 4 is 34.8 Å². The van der Waals surface area contributed by atoms with Crippen molar-refractivity contribution in [1.29, 1.82) is 0 Å². The van der Waals surface area contributed by atoms with Gasteiger partial charge in [-0.25, -0.2) is 0 Å². The van der Waals surface area contributed by atoms with E-state index in [2.05, 4.69) is 10.6 Å². The molecule has 2 rings (SSSR count). The lowest BCUT2D eigenvalue weighted by molar-refractivity contribution is -0.125. The molecule has 0 saturated carbocycles. The van der Waals surface area contributed by atoms with Crippen molar-refractivity contribution in [1.82, 2.24) is 0 Å². The van der Waals surface area contributed by atoms with E-state index >= 15 is 0 Å². The summed E-state index contributed by atoms with van der Waals surface area (Å²) in [5, 5.41) is 5.94. The van der Waals surface area contributed by atoms with Crippen molar-refractivity contribution in [2.24, 2.45) is 0 Å². The van der Waals surface area contributed by atoms with Crippen molar-refractivity contribution in [3.63, 3.8) is 0 Å². The summed E-state index contributed by atoms with van der Waals surface area (Å²) in [6, 6.07) is 14.2. The lowest BCUT2D eigenvalue weighted by atomic mass is 10.2. The number of aryl methyl sites for hydroxylation is 1. The maximum Gasteiger partial charge on any atom is 0.250 e. The molecule has 2 aromatic carbocycles. The molecule has 0 radical (unpaired) electrons. The first kappa shape index (κ1) is 17.0. The van der Waals surface area contributed by atoms with E-state index in [1.54, 1.807) is 30.3 Å². The third kappa shape index (κ3) is 6.10. The largest absolute Gasteiger partial charge is 0.362 e. The van der Waals surface area contributed by atoms with Crippen LogP contribution in [0.2, 0.25) is 5.02 Å². The summed E-state index contributed by atoms with van der Waals surface area (Å²) in [5.41, 5.74) is 2.36. The number of benzene rings is 2. The third-order valence-electron chi connectivity index (χ3n) is 2.90. The van der Waals surface area contributed by atoms with E-state index in [4.69, 9.17) is 16.3 Å². The molecule has 0 atom stereocenters. The lowest BCUT2D eigenvalue weighted by Crippen LogP contribution is -2.23. The number of amides is 2. The highest BCUT2D eigenvalue weighted by Crippen LogP contribution is 2.13. The van der Waals surface area contributed by atoms with Crippen LogP contribution in [0.25, 0.3) is 0 Å². The number of halogens is 1. The summed E-state index contributed by atoms with van der Waals surface area (Å²) >= 11 is 5.76. The Morgan fingerprint density at radius 1 is 0.957 bits per heavy atom. The van der Waals surface area contributed by atoms with E-state index in [1.807, 2.05) is 25.1 Å². The maximum absolute atomic E-state index is 11.7. The number of hydrogen-bond donors (Lipinski definition) is 2. The second-order valence-corrected chi connectivity index (χ2v) is 5.40. The van der Waals surface area contributed by atoms with Crippen molar-refractivity contribution in [2.45, 2.75) is 6.92 Å². The monoisotopic (exact) mass is 332 g/mol. The van der Waals surface area contributed by atoms with Crippen LogP contribution in [0.3, 0.4) is 0 Å². The Morgan fingerprint density at radius 2 is 1.57 bits per heavy atom. The van der Waals surface area contributed by atoms with Gasteiger partial charge in [0.1, 0.15) is 13.2 Å². The fraction of sp³-hybridized carbons (Fsp3) is 0.176. The maximum atomic E-state index is 11.7. The van der Waals surface area contributed by atoms with E-state index in [-0.39, 0.29) is 25.0 Å². The normalized spacial score (nSPS) is 10.2. The van der Waals surface area contributed by atoms with Crippen molar-refractivity contribution in [3.8, 4) is 0 Å². The minimum absolute atomic E-state index is 0.192. The quantitative estimate of drug-likeness (QED) is 0.853. The summed E-state index contributed by atoms with van der Waals surface area (Å²) in [6.07, 6.45) is 0. The van der Waals surface area contributed by atoms with Crippen LogP contribution >= 0.6 is 11.6 Å². The molecule has 23 heavy (non-hydrogen) atoms. The van der Waals surface area contributed by atoms with Gasteiger partial charge in [0.15, 0.2) is 0 Å². The van der Waals surface area contributed by atoms with Gasteiger partial charge < -0.3 is 15.4 Å². The SMILES string of the molecule is Cc1cccc(NC(=O)COCC(=O)Nc2ccc(Cl)cc2)c1. The number of nitrogens with one attached hydrogen (secondary N) is 2. The summed E-state index contributed by atoms with van der Waals surface area (Å²) in [5.74, 6) is -0.648. The van der Waals surface area contributed by atoms with E-state index < -0.39 is 0 Å². The number of anilines is 2. The highest BCUT2D eigenvalue weighted by molar-refractivity contribution is 6.30. The van der Waals surface area contributed by atoms with Crippen LogP contribution in [0.5, 0.6) is 0 Å². The highest BCUT2D eigenvalue weighted by Gasteiger charge is 2.06. The van der Waals surface area contributed by atoms with Gasteiger partial charge in [0.25, 0.3) is 0 Å². The van der Waals surface area contributed by atoms with Crippen molar-refractivity contribution < 1.29 is 14.3 Å². The van der Waals surface area contributed by atoms with Crippen LogP contribution in [0.4, 0.5) is 11.4 Å². The molecule has 0 saturated heterocycles. The summed E-state index contributed by atoms with van der Waals surface area (Å²) in [4.78, 5) is 23.4. The third-order valence-corrected chi connectivity index (χ3v) is 3.15. The zero-order valence-electron chi connectivity index (χ0n) is 12.6. The van der Waals surface area contributed by atoms with Crippen LogP contribution in [0.1, 0.15) is 5.56 Å². The van der Waals surface area contributed by atoms with Gasteiger partial charge in [-0.05, 0) is 48.9 Å². The van der Waals surface area contributed by atoms with Crippen molar-refractivity contribution in [3.05, 3.63) is 59.1 Å². The zero-order chi connectivity index (χ0) is 16.7. The molecule has 0 spiro atoms. The van der Waals surface area contributed by atoms with Crippen LogP contribution in [0, 0.1) is 6.92 Å². The minimum atomic E-state index is -0.337. The van der Waals surface area contributed by atoms with Gasteiger partial charge in [0.05, 0.1) is 0 Å². The van der Waals surface area contributed by atoms with Gasteiger partial charge in [0, 0.05) is 16.4 Å². The summed E-state index contributed by atoms with van der Waals surface area (Å²) < 4.78 is 5.11. The molecule has 0 bridgehead atoms. The van der Waals surface area contributed by atoms with Gasteiger partial charge >= 0.3 is 0 Å². The van der Waals surface area contributed by atoms with E-state index in [9.17, 15) is 9.59 Å². The number of carbonyl (C=O) groups excluding carboxylic acids is 2. The Kier molecular flexibility index (Phi) is 6.14. The Bertz CT molecular complexity index is 686. The predicted molar refractivity (Wildman–Crippen MR) is 90.7 cm³/mol. The average molecular weight is 333 g/mol. The number of carbonyl (C=O) groups is 2. The Balaban J connectivity index is 1.70. The second kappa shape index (κ2) is 8.31. The zero-order valence-corrected chi connectivity index (χ0v) is 13.4. The van der Waals surface area contributed by atoms with Gasteiger partial charge in [-0.1, -0.05) is 23.7 Å². The minimum Gasteiger partial charge on any atom is -0.362 e. The standard InChI is InChI=1S/C17H17ClN2O3/c1-12-3-2-4-15(9-12)20-17(22)11-23-10-16(21)19-14-7-5-13(18)6-8-14/h2-9H,10-11H2,1H3,(H,19,21)(H,20,22). The van der Waals surface area contributed by atoms with Crippen LogP contribution in [0.15, 0.2) is 48.5 Å². The molecule has 0 aliphatic carbocycles. The summed E-state index contributed by atoms with van der Waals surface area (Å²) in [7, 11) is 0. The molecule has 0 aliphatic heterocycles. The van der Waals surface area contributed by atoms with Crippen LogP contribution < -0.4 is 10.6 Å². The number of ether oxygens (including phenoxy) is 1. The molecule has 0 heterocycles. The number of hydrogen-bond acceptors (Lipinski definition) is 3. The van der Waals surface area contributed by atoms with E-state index in [1.165, 1.54) is 0 Å². The molecular weight excluding hydrogens is 316 g/mol. The van der Waals surface area contributed by atoms with Gasteiger partial charge in [-0.15, -0.1) is 0 Å². The smallest absolute Gasteiger partial charge is 0.250 e. The van der Waals surface area contributed by atoms with Gasteiger partial charge in [-0.2, -0.15) is 0 Å². The Hall–Kier alpha value is -2.37. The molecule has 2 N–H and O–H groups in total. The molecule has 120 valence electrons. The molecule has 6 heteroatoms. The topological polar surface area (TPSA) is 67.4 Å². The fourth-order valence-electron chi connectivity index (χ4n) is 1.89. The number of rotatable bonds is 6. The molecule has 0 unspecified atom stereocenters. The first-order valence-electron chi connectivity index (χ1n) is 7.02. The molecule has 2 amide bonds. The van der Waals surface area contributed by atoms with Gasteiger partial charge in [0.2, 0.25) is 11.8 Å². The molecular formula is C17H17ClN2O3. The van der Waals surface area contributed by atoms with Crippen LogP contribution in [-0.4, -0.2) is 25.0 Å². The molecule has 0 fully saturated rings. The van der Waals surface area contributed by atoms with Gasteiger partial charge in [-0.3, -0.25) is 9.59 Å². The van der Waals surface area contributed by atoms with Crippen molar-refractivity contribution in [2.75, 3.05) is 23.8 Å². The predicted octanol–water partition coefficient (Wildman–Crippen LogP) is 3.24. The lowest BCUT2D eigenvalue weighted by Gasteiger charge is -2.08. The van der Waals surface area contributed by atoms with E-state index in [0.29, 0.717) is 16.4 Å². The van der Waals surface area contributed by atoms with Crippen LogP contribution in [-0.2, 0) is 14.3 Å². The first-order chi connectivity index (χ1) is 11.0. The average Bonchev–Trinajstić information content (AvgIpc) is 2.49. The molecule has 5 nitrogen and oxygen atoms in total. The second-order valence-electron chi connectivity index (χ2n) is 4.97. The fourth-order valence-corrected chi connectivity index (χ4v) is 2.01. The Labute approximate surface area is 139 Å². The highest BCUT2D eigenvalue weighted by atomic mass is 35.5. The first-order valence-corrected chi connectivity index (χ1v) is 7.40. The van der Waals surface area contributed by atoms with E-state index in [0.717, 1.165) is 5.56 Å². The molecule has 0 aliphatic rings. The molecule has 0 aromatic heterocycles. The molecule has 2 aromatic rings.